The van der Waals surface area contributed by atoms with E-state index in [-0.39, 0.29) is 23.9 Å². The fraction of sp³-hybridized carbons (Fsp3) is 0.393. The zero-order valence-electron chi connectivity index (χ0n) is 22.7. The number of benzene rings is 1. The van der Waals surface area contributed by atoms with Crippen LogP contribution in [0.1, 0.15) is 52.4 Å². The number of imidazole rings is 2. The van der Waals surface area contributed by atoms with E-state index < -0.39 is 5.60 Å². The highest BCUT2D eigenvalue weighted by Crippen LogP contribution is 2.37. The summed E-state index contributed by atoms with van der Waals surface area (Å²) in [5, 5.41) is 7.50. The van der Waals surface area contributed by atoms with E-state index in [2.05, 4.69) is 14.9 Å². The fourth-order valence-electron chi connectivity index (χ4n) is 4.93. The number of aryl methyl sites for hydroxylation is 1. The topological polar surface area (TPSA) is 107 Å². The number of anilines is 1. The summed E-state index contributed by atoms with van der Waals surface area (Å²) in [7, 11) is 0. The second kappa shape index (κ2) is 10.1. The summed E-state index contributed by atoms with van der Waals surface area (Å²) in [6, 6.07) is 10.0. The molecule has 0 unspecified atom stereocenters. The van der Waals surface area contributed by atoms with Gasteiger partial charge in [-0.05, 0) is 76.9 Å². The Kier molecular flexibility index (Phi) is 6.83. The molecule has 1 aliphatic rings. The van der Waals surface area contributed by atoms with E-state index >= 15 is 0 Å². The van der Waals surface area contributed by atoms with E-state index in [1.807, 2.05) is 39.8 Å². The number of hydrogen-bond donors (Lipinski definition) is 1. The van der Waals surface area contributed by atoms with Crippen molar-refractivity contribution < 1.29 is 18.7 Å². The van der Waals surface area contributed by atoms with Gasteiger partial charge in [0.05, 0.1) is 17.6 Å². The highest BCUT2D eigenvalue weighted by atomic mass is 19.1. The van der Waals surface area contributed by atoms with Crippen LogP contribution in [0.15, 0.2) is 42.6 Å². The first-order valence-corrected chi connectivity index (χ1v) is 13.0. The molecular formula is C28H32FN7O3. The van der Waals surface area contributed by atoms with Gasteiger partial charge in [-0.3, -0.25) is 4.79 Å². The zero-order valence-corrected chi connectivity index (χ0v) is 22.7. The number of halogens is 1. The normalized spacial score (nSPS) is 14.6. The van der Waals surface area contributed by atoms with Crippen LogP contribution in [0.3, 0.4) is 0 Å². The Morgan fingerprint density at radius 2 is 1.74 bits per heavy atom. The number of piperidine rings is 1. The molecule has 10 nitrogen and oxygen atoms in total. The fourth-order valence-corrected chi connectivity index (χ4v) is 4.93. The molecule has 5 rings (SSSR count). The van der Waals surface area contributed by atoms with E-state index in [9.17, 15) is 14.0 Å². The van der Waals surface area contributed by atoms with Gasteiger partial charge >= 0.3 is 6.09 Å². The maximum absolute atomic E-state index is 13.8. The van der Waals surface area contributed by atoms with Crippen molar-refractivity contribution in [1.29, 1.82) is 0 Å². The monoisotopic (exact) mass is 533 g/mol. The minimum Gasteiger partial charge on any atom is -0.444 e. The predicted molar refractivity (Wildman–Crippen MR) is 145 cm³/mol. The van der Waals surface area contributed by atoms with Gasteiger partial charge in [-0.25, -0.2) is 23.7 Å². The minimum atomic E-state index is -0.552. The molecule has 0 spiro atoms. The molecule has 1 fully saturated rings. The van der Waals surface area contributed by atoms with Gasteiger partial charge in [-0.1, -0.05) is 0 Å². The second-order valence-corrected chi connectivity index (χ2v) is 10.8. The number of ether oxygens (including phenoxy) is 1. The molecular weight excluding hydrogens is 501 g/mol. The molecule has 204 valence electrons. The lowest BCUT2D eigenvalue weighted by atomic mass is 10.0. The van der Waals surface area contributed by atoms with Gasteiger partial charge in [0, 0.05) is 31.6 Å². The minimum absolute atomic E-state index is 0.0654. The Morgan fingerprint density at radius 1 is 1.05 bits per heavy atom. The Bertz CT molecular complexity index is 1530. The summed E-state index contributed by atoms with van der Waals surface area (Å²) < 4.78 is 23.1. The number of hydrogen-bond acceptors (Lipinski definition) is 6. The number of nitrogens with one attached hydrogen (secondary N) is 1. The van der Waals surface area contributed by atoms with Crippen molar-refractivity contribution in [3.05, 3.63) is 54.2 Å². The third-order valence-electron chi connectivity index (χ3n) is 6.55. The Morgan fingerprint density at radius 3 is 2.38 bits per heavy atom. The van der Waals surface area contributed by atoms with Crippen molar-refractivity contribution in [2.24, 2.45) is 0 Å². The molecule has 39 heavy (non-hydrogen) atoms. The van der Waals surface area contributed by atoms with E-state index in [1.54, 1.807) is 27.7 Å². The van der Waals surface area contributed by atoms with E-state index in [4.69, 9.17) is 14.8 Å². The lowest BCUT2D eigenvalue weighted by Gasteiger charge is -2.34. The van der Waals surface area contributed by atoms with Crippen LogP contribution in [0.25, 0.3) is 28.3 Å². The molecule has 2 amide bonds. The van der Waals surface area contributed by atoms with Crippen molar-refractivity contribution in [3.63, 3.8) is 0 Å². The smallest absolute Gasteiger partial charge is 0.410 e. The lowest BCUT2D eigenvalue weighted by Crippen LogP contribution is -2.42. The third-order valence-corrected chi connectivity index (χ3v) is 6.55. The average Bonchev–Trinajstić information content (AvgIpc) is 3.42. The van der Waals surface area contributed by atoms with Crippen molar-refractivity contribution in [3.8, 4) is 22.6 Å². The number of likely N-dealkylation sites (tertiary alicyclic amines) is 1. The number of rotatable bonds is 4. The van der Waals surface area contributed by atoms with Gasteiger partial charge in [0.1, 0.15) is 22.9 Å². The van der Waals surface area contributed by atoms with Crippen molar-refractivity contribution in [1.82, 2.24) is 29.0 Å². The predicted octanol–water partition coefficient (Wildman–Crippen LogP) is 5.24. The SMILES string of the molecule is CC(=O)Nc1cn2nc(-c3c(-c4ccc(F)cc4)nc(C)n3C3CCN(C(=O)OC(C)(C)C)CC3)ccc2n1. The first kappa shape index (κ1) is 26.3. The Labute approximate surface area is 225 Å². The van der Waals surface area contributed by atoms with Crippen LogP contribution in [0.2, 0.25) is 0 Å². The standard InChI is InChI=1S/C28H32FN7O3/c1-17-30-25(19-6-8-20(29)9-7-19)26(22-10-11-24-32-23(31-18(2)37)16-35(24)33-22)36(17)21-12-14-34(15-13-21)27(38)39-28(3,4)5/h6-11,16,21H,12-15H2,1-5H3,(H,31,37). The van der Waals surface area contributed by atoms with Gasteiger partial charge in [-0.2, -0.15) is 5.10 Å². The molecule has 0 bridgehead atoms. The molecule has 1 saturated heterocycles. The number of carbonyl (C=O) groups excluding carboxylic acids is 2. The van der Waals surface area contributed by atoms with Crippen molar-refractivity contribution in [2.45, 2.75) is 59.1 Å². The van der Waals surface area contributed by atoms with Gasteiger partial charge in [0.25, 0.3) is 0 Å². The highest BCUT2D eigenvalue weighted by molar-refractivity contribution is 5.88. The number of aromatic nitrogens is 5. The lowest BCUT2D eigenvalue weighted by molar-refractivity contribution is -0.114. The van der Waals surface area contributed by atoms with Crippen molar-refractivity contribution >= 4 is 23.5 Å². The molecule has 11 heteroatoms. The molecule has 0 saturated carbocycles. The van der Waals surface area contributed by atoms with Crippen LogP contribution in [0.5, 0.6) is 0 Å². The van der Waals surface area contributed by atoms with Gasteiger partial charge in [0.2, 0.25) is 5.91 Å². The largest absolute Gasteiger partial charge is 0.444 e. The summed E-state index contributed by atoms with van der Waals surface area (Å²) in [4.78, 5) is 35.2. The first-order chi connectivity index (χ1) is 18.5. The average molecular weight is 534 g/mol. The molecule has 0 atom stereocenters. The van der Waals surface area contributed by atoms with Gasteiger partial charge < -0.3 is 19.5 Å². The van der Waals surface area contributed by atoms with Crippen LogP contribution < -0.4 is 5.32 Å². The van der Waals surface area contributed by atoms with E-state index in [0.29, 0.717) is 48.8 Å². The second-order valence-electron chi connectivity index (χ2n) is 10.8. The molecule has 1 aromatic carbocycles. The molecule has 1 aliphatic heterocycles. The van der Waals surface area contributed by atoms with E-state index in [0.717, 1.165) is 17.1 Å². The maximum Gasteiger partial charge on any atom is 0.410 e. The molecule has 4 aromatic rings. The number of nitrogens with zero attached hydrogens (tertiary/aromatic N) is 6. The number of amides is 2. The molecule has 1 N–H and O–H groups in total. The van der Waals surface area contributed by atoms with Crippen molar-refractivity contribution in [2.75, 3.05) is 18.4 Å². The molecule has 3 aromatic heterocycles. The summed E-state index contributed by atoms with van der Waals surface area (Å²) in [6.07, 6.45) is 2.78. The summed E-state index contributed by atoms with van der Waals surface area (Å²) >= 11 is 0. The van der Waals surface area contributed by atoms with Crippen LogP contribution in [-0.2, 0) is 9.53 Å². The number of fused-ring (bicyclic) bond motifs is 1. The quantitative estimate of drug-likeness (QED) is 0.385. The Hall–Kier alpha value is -4.28. The number of carbonyl (C=O) groups is 2. The first-order valence-electron chi connectivity index (χ1n) is 13.0. The summed E-state index contributed by atoms with van der Waals surface area (Å²) in [6.45, 7) is 10.1. The van der Waals surface area contributed by atoms with Crippen LogP contribution in [0, 0.1) is 12.7 Å². The molecule has 0 aliphatic carbocycles. The van der Waals surface area contributed by atoms with Crippen LogP contribution in [-0.4, -0.2) is 59.7 Å². The van der Waals surface area contributed by atoms with Gasteiger partial charge in [-0.15, -0.1) is 0 Å². The molecule has 4 heterocycles. The van der Waals surface area contributed by atoms with E-state index in [1.165, 1.54) is 19.1 Å². The summed E-state index contributed by atoms with van der Waals surface area (Å²) in [5.41, 5.74) is 2.94. The highest BCUT2D eigenvalue weighted by Gasteiger charge is 2.31. The molecule has 0 radical (unpaired) electrons. The maximum atomic E-state index is 13.8. The van der Waals surface area contributed by atoms with Gasteiger partial charge in [0.15, 0.2) is 11.5 Å². The zero-order chi connectivity index (χ0) is 27.9. The van der Waals surface area contributed by atoms with Crippen LogP contribution >= 0.6 is 0 Å². The van der Waals surface area contributed by atoms with Crippen LogP contribution in [0.4, 0.5) is 15.0 Å². The summed E-state index contributed by atoms with van der Waals surface area (Å²) in [5.74, 6) is 0.662. The third kappa shape index (κ3) is 5.62. The Balaban J connectivity index is 1.54.